The molecule has 7 rings (SSSR count). The van der Waals surface area contributed by atoms with Crippen molar-refractivity contribution in [1.29, 1.82) is 0 Å². The van der Waals surface area contributed by atoms with Crippen molar-refractivity contribution >= 4 is 69.3 Å². The number of carbonyl (C=O) groups is 7. The van der Waals surface area contributed by atoms with Crippen molar-refractivity contribution in [3.63, 3.8) is 0 Å². The van der Waals surface area contributed by atoms with Gasteiger partial charge in [0, 0.05) is 48.0 Å². The van der Waals surface area contributed by atoms with Crippen LogP contribution >= 0.6 is 0 Å². The van der Waals surface area contributed by atoms with Crippen LogP contribution in [0.5, 0.6) is 0 Å². The molecular weight excluding hydrogens is 704 g/mol. The zero-order chi connectivity index (χ0) is 38.6. The molecule has 1 saturated heterocycles. The maximum Gasteiger partial charge on any atom is 0.264 e. The van der Waals surface area contributed by atoms with Gasteiger partial charge in [-0.05, 0) is 66.1 Å². The smallest absolute Gasteiger partial charge is 0.264 e. The Morgan fingerprint density at radius 2 is 1.58 bits per heavy atom. The number of rotatable bonds is 12. The third-order valence-electron chi connectivity index (χ3n) is 9.30. The van der Waals surface area contributed by atoms with Crippen LogP contribution in [0.3, 0.4) is 0 Å². The quantitative estimate of drug-likeness (QED) is 0.0811. The van der Waals surface area contributed by atoms with E-state index in [9.17, 15) is 33.6 Å². The molecular formula is C40H34N8O7. The van der Waals surface area contributed by atoms with Crippen LogP contribution in [0, 0.1) is 0 Å². The number of benzene rings is 4. The minimum Gasteiger partial charge on any atom is -0.375 e. The van der Waals surface area contributed by atoms with Crippen molar-refractivity contribution in [2.24, 2.45) is 5.73 Å². The number of amides is 7. The number of piperidine rings is 1. The number of hydrogen-bond acceptors (Lipinski definition) is 10. The van der Waals surface area contributed by atoms with Gasteiger partial charge in [-0.2, -0.15) is 0 Å². The van der Waals surface area contributed by atoms with E-state index in [4.69, 9.17) is 5.73 Å². The number of imide groups is 2. The highest BCUT2D eigenvalue weighted by Gasteiger charge is 2.45. The minimum atomic E-state index is -1.10. The number of hydrogen-bond donors (Lipinski definition) is 6. The lowest BCUT2D eigenvalue weighted by molar-refractivity contribution is -0.136. The van der Waals surface area contributed by atoms with Crippen molar-refractivity contribution in [3.8, 4) is 11.1 Å². The average Bonchev–Trinajstić information content (AvgIpc) is 3.44. The van der Waals surface area contributed by atoms with Crippen molar-refractivity contribution < 1.29 is 33.6 Å². The van der Waals surface area contributed by atoms with Crippen molar-refractivity contribution in [2.75, 3.05) is 30.3 Å². The van der Waals surface area contributed by atoms with Crippen LogP contribution < -0.4 is 32.3 Å². The second-order valence-corrected chi connectivity index (χ2v) is 12.8. The van der Waals surface area contributed by atoms with Gasteiger partial charge >= 0.3 is 0 Å². The van der Waals surface area contributed by atoms with Gasteiger partial charge in [0.1, 0.15) is 6.04 Å². The summed E-state index contributed by atoms with van der Waals surface area (Å²) in [4.78, 5) is 93.3. The van der Waals surface area contributed by atoms with Crippen LogP contribution in [0.2, 0.25) is 0 Å². The first kappa shape index (κ1) is 36.0. The van der Waals surface area contributed by atoms with E-state index in [2.05, 4.69) is 31.6 Å². The van der Waals surface area contributed by atoms with Gasteiger partial charge in [0.15, 0.2) is 0 Å². The highest BCUT2D eigenvalue weighted by molar-refractivity contribution is 6.25. The summed E-state index contributed by atoms with van der Waals surface area (Å²) in [5, 5.41) is 14.5. The predicted octanol–water partition coefficient (Wildman–Crippen LogP) is 3.10. The molecule has 4 aromatic carbocycles. The molecule has 0 saturated carbocycles. The number of nitrogens with zero attached hydrogens (tertiary/aromatic N) is 2. The Balaban J connectivity index is 0.926. The van der Waals surface area contributed by atoms with E-state index in [1.165, 1.54) is 12.3 Å². The van der Waals surface area contributed by atoms with E-state index >= 15 is 0 Å². The Hall–Kier alpha value is -7.42. The number of aromatic nitrogens is 1. The summed E-state index contributed by atoms with van der Waals surface area (Å²) >= 11 is 0. The van der Waals surface area contributed by atoms with E-state index in [0.29, 0.717) is 22.2 Å². The molecule has 15 nitrogen and oxygen atoms in total. The molecule has 5 aromatic rings. The molecule has 2 aliphatic rings. The molecule has 1 aromatic heterocycles. The maximum atomic E-state index is 13.3. The van der Waals surface area contributed by atoms with Gasteiger partial charge in [0.2, 0.25) is 17.7 Å². The lowest BCUT2D eigenvalue weighted by atomic mass is 10.00. The Labute approximate surface area is 313 Å². The fourth-order valence-electron chi connectivity index (χ4n) is 6.55. The van der Waals surface area contributed by atoms with Gasteiger partial charge in [0.05, 0.1) is 34.4 Å². The van der Waals surface area contributed by atoms with Crippen LogP contribution in [-0.2, 0) is 14.4 Å². The number of fused-ring (bicyclic) bond motifs is 2. The van der Waals surface area contributed by atoms with E-state index < -0.39 is 41.5 Å². The van der Waals surface area contributed by atoms with Crippen LogP contribution in [0.4, 0.5) is 17.1 Å². The summed E-state index contributed by atoms with van der Waals surface area (Å²) in [6.07, 6.45) is 1.49. The fraction of sp³-hybridized carbons (Fsp3) is 0.150. The molecule has 0 spiro atoms. The van der Waals surface area contributed by atoms with Crippen LogP contribution in [-0.4, -0.2) is 76.9 Å². The Kier molecular flexibility index (Phi) is 9.99. The normalized spacial score (nSPS) is 15.0. The van der Waals surface area contributed by atoms with E-state index in [-0.39, 0.29) is 60.8 Å². The summed E-state index contributed by atoms with van der Waals surface area (Å²) in [5.74, 6) is -3.89. The Morgan fingerprint density at radius 3 is 2.33 bits per heavy atom. The van der Waals surface area contributed by atoms with Crippen molar-refractivity contribution in [3.05, 3.63) is 119 Å². The van der Waals surface area contributed by atoms with Gasteiger partial charge in [-0.25, -0.2) is 0 Å². The highest BCUT2D eigenvalue weighted by atomic mass is 16.2. The average molecular weight is 739 g/mol. The first-order valence-electron chi connectivity index (χ1n) is 17.4. The van der Waals surface area contributed by atoms with Gasteiger partial charge in [-0.15, -0.1) is 0 Å². The van der Waals surface area contributed by atoms with E-state index in [1.807, 2.05) is 60.7 Å². The second-order valence-electron chi connectivity index (χ2n) is 12.8. The highest BCUT2D eigenvalue weighted by Crippen LogP contribution is 2.34. The molecule has 7 N–H and O–H groups in total. The minimum absolute atomic E-state index is 0.00361. The largest absolute Gasteiger partial charge is 0.375 e. The molecule has 0 bridgehead atoms. The SMILES string of the molecule is NC(=O)c1cnc2ccc(-c3ccc(C(=O)NCCNC(=O)CNc4cccc5c4C(=O)N(C4CCC(=O)NC4=O)C5=O)cc3)cc2c1Nc1ccccc1. The molecule has 15 heteroatoms. The number of nitrogens with one attached hydrogen (secondary N) is 5. The third-order valence-corrected chi connectivity index (χ3v) is 9.30. The summed E-state index contributed by atoms with van der Waals surface area (Å²) in [6.45, 7) is 0.0258. The first-order valence-corrected chi connectivity index (χ1v) is 17.4. The van der Waals surface area contributed by atoms with Crippen molar-refractivity contribution in [2.45, 2.75) is 18.9 Å². The molecule has 1 atom stereocenters. The van der Waals surface area contributed by atoms with Crippen LogP contribution in [0.1, 0.15) is 54.3 Å². The lowest BCUT2D eigenvalue weighted by Crippen LogP contribution is -2.54. The lowest BCUT2D eigenvalue weighted by Gasteiger charge is -2.27. The maximum absolute atomic E-state index is 13.3. The monoisotopic (exact) mass is 738 g/mol. The molecule has 276 valence electrons. The summed E-state index contributed by atoms with van der Waals surface area (Å²) in [7, 11) is 0. The Bertz CT molecular complexity index is 2400. The van der Waals surface area contributed by atoms with Gasteiger partial charge < -0.3 is 27.0 Å². The zero-order valence-corrected chi connectivity index (χ0v) is 29.2. The first-order chi connectivity index (χ1) is 26.6. The van der Waals surface area contributed by atoms with Gasteiger partial charge in [-0.3, -0.25) is 48.8 Å². The fourth-order valence-corrected chi connectivity index (χ4v) is 6.55. The predicted molar refractivity (Wildman–Crippen MR) is 202 cm³/mol. The Morgan fingerprint density at radius 1 is 0.836 bits per heavy atom. The van der Waals surface area contributed by atoms with Gasteiger partial charge in [-0.1, -0.05) is 42.5 Å². The van der Waals surface area contributed by atoms with E-state index in [1.54, 1.807) is 24.3 Å². The molecule has 1 unspecified atom stereocenters. The number of para-hydroxylation sites is 1. The molecule has 1 fully saturated rings. The van der Waals surface area contributed by atoms with Crippen molar-refractivity contribution in [1.82, 2.24) is 25.8 Å². The number of pyridine rings is 1. The van der Waals surface area contributed by atoms with Crippen LogP contribution in [0.15, 0.2) is 97.2 Å². The molecule has 55 heavy (non-hydrogen) atoms. The third kappa shape index (κ3) is 7.44. The summed E-state index contributed by atoms with van der Waals surface area (Å²) in [6, 6.07) is 25.5. The number of primary amides is 1. The van der Waals surface area contributed by atoms with E-state index in [0.717, 1.165) is 21.7 Å². The molecule has 0 radical (unpaired) electrons. The second kappa shape index (κ2) is 15.3. The number of nitrogens with two attached hydrogens (primary N) is 1. The molecule has 7 amide bonds. The molecule has 2 aliphatic heterocycles. The number of carbonyl (C=O) groups excluding carboxylic acids is 7. The standard InChI is InChI=1S/C40H34N8O7/c41-36(51)28-20-44-29-14-13-24(19-27(29)35(28)46-25-5-2-1-3-6-25)22-9-11-23(12-10-22)37(52)43-18-17-42-33(50)21-45-30-8-4-7-26-34(30)40(55)48(39(26)54)31-15-16-32(49)47-38(31)53/h1-14,19-20,31,45H,15-18,21H2,(H2,41,51)(H,42,50)(H,43,52)(H,44,46)(H,47,49,53). The van der Waals surface area contributed by atoms with Gasteiger partial charge in [0.25, 0.3) is 23.6 Å². The summed E-state index contributed by atoms with van der Waals surface area (Å²) < 4.78 is 0. The molecule has 0 aliphatic carbocycles. The summed E-state index contributed by atoms with van der Waals surface area (Å²) in [5.41, 5.74) is 10.4. The van der Waals surface area contributed by atoms with Crippen LogP contribution in [0.25, 0.3) is 22.0 Å². The zero-order valence-electron chi connectivity index (χ0n) is 29.2. The topological polar surface area (TPSA) is 222 Å². The number of anilines is 3. The molecule has 3 heterocycles.